The molecule has 0 amide bonds. The summed E-state index contributed by atoms with van der Waals surface area (Å²) in [5, 5.41) is 12.4. The Bertz CT molecular complexity index is 444. The quantitative estimate of drug-likeness (QED) is 0.475. The molecule has 4 aliphatic carbocycles. The molecule has 0 spiro atoms. The molecule has 0 bridgehead atoms. The van der Waals surface area contributed by atoms with Crippen LogP contribution in [-0.4, -0.2) is 10.7 Å². The molecule has 0 atom stereocenters. The van der Waals surface area contributed by atoms with Gasteiger partial charge in [0.2, 0.25) is 0 Å². The summed E-state index contributed by atoms with van der Waals surface area (Å²) in [6, 6.07) is 0. The molecule has 1 heteroatoms. The van der Waals surface area contributed by atoms with E-state index in [-0.39, 0.29) is 0 Å². The fourth-order valence-electron chi connectivity index (χ4n) is 7.41. The summed E-state index contributed by atoms with van der Waals surface area (Å²) in [6.45, 7) is 0. The molecule has 0 unspecified atom stereocenters. The maximum absolute atomic E-state index is 12.4. The van der Waals surface area contributed by atoms with Crippen molar-refractivity contribution in [2.24, 2.45) is 23.7 Å². The van der Waals surface area contributed by atoms with Crippen molar-refractivity contribution in [2.45, 2.75) is 134 Å². The van der Waals surface area contributed by atoms with Crippen molar-refractivity contribution in [1.29, 1.82) is 0 Å². The van der Waals surface area contributed by atoms with Crippen LogP contribution in [0.15, 0.2) is 11.6 Å². The summed E-state index contributed by atoms with van der Waals surface area (Å²) >= 11 is 0. The molecule has 4 fully saturated rings. The van der Waals surface area contributed by atoms with Crippen molar-refractivity contribution in [3.05, 3.63) is 11.6 Å². The van der Waals surface area contributed by atoms with E-state index in [1.54, 1.807) is 5.57 Å². The van der Waals surface area contributed by atoms with Crippen LogP contribution < -0.4 is 0 Å². The van der Waals surface area contributed by atoms with E-state index < -0.39 is 5.60 Å². The lowest BCUT2D eigenvalue weighted by Gasteiger charge is -2.46. The van der Waals surface area contributed by atoms with E-state index in [2.05, 4.69) is 6.08 Å². The van der Waals surface area contributed by atoms with Crippen LogP contribution in [0.25, 0.3) is 0 Å². The molecule has 28 heavy (non-hydrogen) atoms. The van der Waals surface area contributed by atoms with Gasteiger partial charge in [0, 0.05) is 0 Å². The van der Waals surface area contributed by atoms with E-state index in [1.165, 1.54) is 128 Å². The number of aliphatic hydroxyl groups is 1. The van der Waals surface area contributed by atoms with Crippen LogP contribution >= 0.6 is 0 Å². The van der Waals surface area contributed by atoms with Gasteiger partial charge in [-0.15, -0.1) is 0 Å². The molecule has 4 rings (SSSR count). The Balaban J connectivity index is 1.66. The Kier molecular flexibility index (Phi) is 7.59. The molecule has 0 heterocycles. The smallest absolute Gasteiger partial charge is 0.0886 e. The molecule has 0 aromatic carbocycles. The van der Waals surface area contributed by atoms with E-state index in [9.17, 15) is 5.11 Å². The summed E-state index contributed by atoms with van der Waals surface area (Å²) in [6.07, 6.45) is 29.9. The highest BCUT2D eigenvalue weighted by molar-refractivity contribution is 5.21. The third-order valence-corrected chi connectivity index (χ3v) is 9.07. The normalized spacial score (nSPS) is 27.6. The molecule has 4 aliphatic rings. The average Bonchev–Trinajstić information content (AvgIpc) is 2.80. The molecule has 0 saturated heterocycles. The maximum atomic E-state index is 12.4. The minimum absolute atomic E-state index is 0.495. The van der Waals surface area contributed by atoms with Gasteiger partial charge in [0.05, 0.1) is 5.60 Å². The lowest BCUT2D eigenvalue weighted by Crippen LogP contribution is -2.46. The van der Waals surface area contributed by atoms with Gasteiger partial charge < -0.3 is 5.11 Å². The second-order valence-electron chi connectivity index (χ2n) is 10.9. The van der Waals surface area contributed by atoms with Crippen molar-refractivity contribution in [3.63, 3.8) is 0 Å². The first-order valence-electron chi connectivity index (χ1n) is 13.2. The van der Waals surface area contributed by atoms with Gasteiger partial charge in [0.25, 0.3) is 0 Å². The van der Waals surface area contributed by atoms with Crippen molar-refractivity contribution < 1.29 is 5.11 Å². The lowest BCUT2D eigenvalue weighted by atomic mass is 9.63. The lowest BCUT2D eigenvalue weighted by molar-refractivity contribution is -0.0531. The van der Waals surface area contributed by atoms with Crippen molar-refractivity contribution in [1.82, 2.24) is 0 Å². The topological polar surface area (TPSA) is 20.2 Å². The molecule has 1 N–H and O–H groups in total. The third-order valence-electron chi connectivity index (χ3n) is 9.07. The fourth-order valence-corrected chi connectivity index (χ4v) is 7.41. The summed E-state index contributed by atoms with van der Waals surface area (Å²) in [4.78, 5) is 0. The van der Waals surface area contributed by atoms with Gasteiger partial charge in [-0.05, 0) is 75.0 Å². The van der Waals surface area contributed by atoms with Gasteiger partial charge in [0.1, 0.15) is 0 Å². The number of allylic oxidation sites excluding steroid dienone is 1. The molecule has 0 aliphatic heterocycles. The first-order chi connectivity index (χ1) is 13.8. The summed E-state index contributed by atoms with van der Waals surface area (Å²) in [5.74, 6) is 2.64. The number of hydrogen-bond donors (Lipinski definition) is 1. The van der Waals surface area contributed by atoms with Gasteiger partial charge in [-0.2, -0.15) is 0 Å². The number of hydrogen-bond acceptors (Lipinski definition) is 1. The predicted molar refractivity (Wildman–Crippen MR) is 119 cm³/mol. The maximum Gasteiger partial charge on any atom is 0.0886 e. The first-order valence-corrected chi connectivity index (χ1v) is 13.2. The van der Waals surface area contributed by atoms with E-state index >= 15 is 0 Å². The van der Waals surface area contributed by atoms with Crippen molar-refractivity contribution in [3.8, 4) is 0 Å². The van der Waals surface area contributed by atoms with E-state index in [4.69, 9.17) is 0 Å². The van der Waals surface area contributed by atoms with E-state index in [1.807, 2.05) is 0 Å². The Morgan fingerprint density at radius 2 is 0.821 bits per heavy atom. The average molecular weight is 387 g/mol. The van der Waals surface area contributed by atoms with E-state index in [0.717, 1.165) is 11.8 Å². The zero-order chi connectivity index (χ0) is 19.2. The molecule has 4 saturated carbocycles. The predicted octanol–water partition coefficient (Wildman–Crippen LogP) is 7.97. The Morgan fingerprint density at radius 3 is 1.18 bits per heavy atom. The Hall–Kier alpha value is -0.300. The molecule has 0 aromatic rings. The van der Waals surface area contributed by atoms with Crippen LogP contribution in [0.5, 0.6) is 0 Å². The highest BCUT2D eigenvalue weighted by Gasteiger charge is 2.44. The molecule has 1 nitrogen and oxygen atoms in total. The van der Waals surface area contributed by atoms with Crippen LogP contribution in [-0.2, 0) is 0 Å². The van der Waals surface area contributed by atoms with Gasteiger partial charge >= 0.3 is 0 Å². The van der Waals surface area contributed by atoms with Crippen LogP contribution in [0.3, 0.4) is 0 Å². The zero-order valence-corrected chi connectivity index (χ0v) is 18.5. The number of rotatable bonds is 5. The minimum Gasteiger partial charge on any atom is -0.385 e. The summed E-state index contributed by atoms with van der Waals surface area (Å²) in [7, 11) is 0. The van der Waals surface area contributed by atoms with Crippen LogP contribution in [0.1, 0.15) is 128 Å². The standard InChI is InChI=1S/C27H46O/c28-27(24-17-9-3-10-18-24,25-19-11-4-12-20-25)21-26(22-13-5-1-6-14-22)23-15-7-2-8-16-23/h21-25,28H,1-20H2. The van der Waals surface area contributed by atoms with Crippen molar-refractivity contribution in [2.75, 3.05) is 0 Å². The van der Waals surface area contributed by atoms with Gasteiger partial charge in [-0.1, -0.05) is 88.7 Å². The molecule has 0 aromatic heterocycles. The molecular formula is C27H46O. The Morgan fingerprint density at radius 1 is 0.500 bits per heavy atom. The van der Waals surface area contributed by atoms with Gasteiger partial charge in [-0.3, -0.25) is 0 Å². The van der Waals surface area contributed by atoms with Gasteiger partial charge in [0.15, 0.2) is 0 Å². The monoisotopic (exact) mass is 386 g/mol. The summed E-state index contributed by atoms with van der Waals surface area (Å²) in [5.41, 5.74) is 1.25. The SMILES string of the molecule is OC(C=C(C1CCCCC1)C1CCCCC1)(C1CCCCC1)C1CCCCC1. The zero-order valence-electron chi connectivity index (χ0n) is 18.5. The van der Waals surface area contributed by atoms with Crippen molar-refractivity contribution >= 4 is 0 Å². The highest BCUT2D eigenvalue weighted by atomic mass is 16.3. The second kappa shape index (κ2) is 10.1. The van der Waals surface area contributed by atoms with Crippen LogP contribution in [0.2, 0.25) is 0 Å². The molecular weight excluding hydrogens is 340 g/mol. The third kappa shape index (κ3) is 4.88. The fraction of sp³-hybridized carbons (Fsp3) is 0.926. The summed E-state index contributed by atoms with van der Waals surface area (Å²) < 4.78 is 0. The molecule has 0 radical (unpaired) electrons. The largest absolute Gasteiger partial charge is 0.385 e. The van der Waals surface area contributed by atoms with Gasteiger partial charge in [-0.25, -0.2) is 0 Å². The second-order valence-corrected chi connectivity index (χ2v) is 10.9. The van der Waals surface area contributed by atoms with E-state index in [0.29, 0.717) is 11.8 Å². The first kappa shape index (κ1) is 21.0. The minimum atomic E-state index is -0.495. The van der Waals surface area contributed by atoms with Crippen LogP contribution in [0, 0.1) is 23.7 Å². The highest BCUT2D eigenvalue weighted by Crippen LogP contribution is 2.47. The van der Waals surface area contributed by atoms with Crippen LogP contribution in [0.4, 0.5) is 0 Å². The molecule has 160 valence electrons. The Labute approximate surface area is 174 Å².